The van der Waals surface area contributed by atoms with Gasteiger partial charge in [-0.3, -0.25) is 9.48 Å². The van der Waals surface area contributed by atoms with Gasteiger partial charge < -0.3 is 5.32 Å². The molecule has 9 heteroatoms. The first-order valence-electron chi connectivity index (χ1n) is 7.99. The number of sulfonamides is 1. The Morgan fingerprint density at radius 1 is 1.23 bits per heavy atom. The van der Waals surface area contributed by atoms with E-state index < -0.39 is 10.0 Å². The second-order valence-corrected chi connectivity index (χ2v) is 8.96. The normalized spacial score (nSPS) is 11.8. The zero-order chi connectivity index (χ0) is 18.9. The van der Waals surface area contributed by atoms with E-state index in [1.165, 1.54) is 18.4 Å². The Kier molecular flexibility index (Phi) is 5.12. The van der Waals surface area contributed by atoms with Crippen LogP contribution in [0.25, 0.3) is 10.2 Å². The number of nitrogens with one attached hydrogen (secondary N) is 2. The van der Waals surface area contributed by atoms with E-state index in [0.29, 0.717) is 17.0 Å². The minimum Gasteiger partial charge on any atom is -0.347 e. The second-order valence-electron chi connectivity index (χ2n) is 6.00. The van der Waals surface area contributed by atoms with Gasteiger partial charge in [0.1, 0.15) is 4.83 Å². The molecule has 0 saturated carbocycles. The highest BCUT2D eigenvalue weighted by Gasteiger charge is 2.15. The molecule has 0 spiro atoms. The summed E-state index contributed by atoms with van der Waals surface area (Å²) in [5.74, 6) is -0.196. The van der Waals surface area contributed by atoms with Gasteiger partial charge in [0, 0.05) is 19.0 Å². The monoisotopic (exact) mass is 392 g/mol. The first-order valence-corrected chi connectivity index (χ1v) is 10.5. The summed E-state index contributed by atoms with van der Waals surface area (Å²) in [5.41, 5.74) is 2.51. The molecule has 0 unspecified atom stereocenters. The summed E-state index contributed by atoms with van der Waals surface area (Å²) in [6.07, 6.45) is 0. The number of thiophene rings is 1. The third kappa shape index (κ3) is 3.95. The molecule has 0 radical (unpaired) electrons. The second kappa shape index (κ2) is 7.18. The van der Waals surface area contributed by atoms with E-state index in [0.717, 1.165) is 21.5 Å². The van der Waals surface area contributed by atoms with Crippen molar-refractivity contribution >= 4 is 37.5 Å². The van der Waals surface area contributed by atoms with Gasteiger partial charge in [-0.2, -0.15) is 5.10 Å². The molecule has 0 fully saturated rings. The minimum absolute atomic E-state index is 0.0642. The summed E-state index contributed by atoms with van der Waals surface area (Å²) >= 11 is 1.41. The number of aryl methyl sites for hydroxylation is 2. The number of aromatic nitrogens is 2. The molecule has 3 aromatic rings. The van der Waals surface area contributed by atoms with Crippen molar-refractivity contribution in [2.75, 3.05) is 7.05 Å². The van der Waals surface area contributed by atoms with Crippen LogP contribution < -0.4 is 10.0 Å². The van der Waals surface area contributed by atoms with E-state index in [9.17, 15) is 13.2 Å². The summed E-state index contributed by atoms with van der Waals surface area (Å²) in [7, 11) is -0.0289. The Morgan fingerprint density at radius 2 is 1.88 bits per heavy atom. The number of hydrogen-bond donors (Lipinski definition) is 2. The highest BCUT2D eigenvalue weighted by Crippen LogP contribution is 2.27. The van der Waals surface area contributed by atoms with Crippen molar-refractivity contribution < 1.29 is 13.2 Å². The van der Waals surface area contributed by atoms with E-state index in [1.54, 1.807) is 16.8 Å². The van der Waals surface area contributed by atoms with Crippen molar-refractivity contribution in [1.82, 2.24) is 19.8 Å². The van der Waals surface area contributed by atoms with Crippen LogP contribution in [-0.2, 0) is 29.4 Å². The Labute approximate surface area is 156 Å². The van der Waals surface area contributed by atoms with Crippen LogP contribution >= 0.6 is 11.3 Å². The fraction of sp³-hybridized carbons (Fsp3) is 0.294. The van der Waals surface area contributed by atoms with Crippen molar-refractivity contribution in [3.63, 3.8) is 0 Å². The standard InChI is InChI=1S/C17H20N4O3S2/c1-11-14-8-15(25-17(14)21(3)20-11)16(22)19-9-12-4-6-13(7-5-12)10-26(23,24)18-2/h4-8,18H,9-10H2,1-3H3,(H,19,22). The van der Waals surface area contributed by atoms with Crippen molar-refractivity contribution in [2.24, 2.45) is 7.05 Å². The van der Waals surface area contributed by atoms with Gasteiger partial charge in [-0.15, -0.1) is 11.3 Å². The van der Waals surface area contributed by atoms with Crippen LogP contribution in [0.2, 0.25) is 0 Å². The van der Waals surface area contributed by atoms with E-state index >= 15 is 0 Å². The number of carbonyl (C=O) groups is 1. The Balaban J connectivity index is 1.64. The SMILES string of the molecule is CNS(=O)(=O)Cc1ccc(CNC(=O)c2cc3c(C)nn(C)c3s2)cc1. The van der Waals surface area contributed by atoms with Crippen LogP contribution in [0.1, 0.15) is 26.5 Å². The Morgan fingerprint density at radius 3 is 2.50 bits per heavy atom. The molecule has 0 saturated heterocycles. The van der Waals surface area contributed by atoms with Gasteiger partial charge in [0.25, 0.3) is 5.91 Å². The van der Waals surface area contributed by atoms with Gasteiger partial charge in [0.2, 0.25) is 10.0 Å². The van der Waals surface area contributed by atoms with E-state index in [2.05, 4.69) is 15.1 Å². The average molecular weight is 393 g/mol. The number of nitrogens with zero attached hydrogens (tertiary/aromatic N) is 2. The molecule has 0 atom stereocenters. The number of amides is 1. The summed E-state index contributed by atoms with van der Waals surface area (Å²) in [6, 6.07) is 9.01. The molecule has 0 aliphatic carbocycles. The maximum absolute atomic E-state index is 12.4. The Bertz CT molecular complexity index is 1020. The highest BCUT2D eigenvalue weighted by atomic mass is 32.2. The highest BCUT2D eigenvalue weighted by molar-refractivity contribution is 7.88. The van der Waals surface area contributed by atoms with Crippen molar-refractivity contribution in [1.29, 1.82) is 0 Å². The van der Waals surface area contributed by atoms with Crippen LogP contribution in [0, 0.1) is 6.92 Å². The number of hydrogen-bond acceptors (Lipinski definition) is 5. The summed E-state index contributed by atoms with van der Waals surface area (Å²) in [6.45, 7) is 2.30. The molecule has 3 rings (SSSR count). The van der Waals surface area contributed by atoms with E-state index in [4.69, 9.17) is 0 Å². The number of benzene rings is 1. The van der Waals surface area contributed by atoms with Crippen LogP contribution in [0.3, 0.4) is 0 Å². The third-order valence-electron chi connectivity index (χ3n) is 4.06. The number of fused-ring (bicyclic) bond motifs is 1. The lowest BCUT2D eigenvalue weighted by Crippen LogP contribution is -2.22. The van der Waals surface area contributed by atoms with Gasteiger partial charge >= 0.3 is 0 Å². The molecule has 2 N–H and O–H groups in total. The predicted octanol–water partition coefficient (Wildman–Crippen LogP) is 1.92. The smallest absolute Gasteiger partial charge is 0.261 e. The van der Waals surface area contributed by atoms with Gasteiger partial charge in [0.05, 0.1) is 16.3 Å². The zero-order valence-electron chi connectivity index (χ0n) is 14.7. The summed E-state index contributed by atoms with van der Waals surface area (Å²) < 4.78 is 27.2. The predicted molar refractivity (Wildman–Crippen MR) is 103 cm³/mol. The molecule has 0 aliphatic rings. The first-order chi connectivity index (χ1) is 12.3. The number of carbonyl (C=O) groups excluding carboxylic acids is 1. The molecule has 1 amide bonds. The zero-order valence-corrected chi connectivity index (χ0v) is 16.4. The van der Waals surface area contributed by atoms with Gasteiger partial charge in [-0.1, -0.05) is 24.3 Å². The molecule has 2 aromatic heterocycles. The molecular formula is C17H20N4O3S2. The molecule has 1 aromatic carbocycles. The van der Waals surface area contributed by atoms with Crippen LogP contribution in [0.15, 0.2) is 30.3 Å². The summed E-state index contributed by atoms with van der Waals surface area (Å²) in [5, 5.41) is 8.22. The van der Waals surface area contributed by atoms with Crippen LogP contribution in [-0.4, -0.2) is 31.2 Å². The quantitative estimate of drug-likeness (QED) is 0.670. The molecule has 26 heavy (non-hydrogen) atoms. The summed E-state index contributed by atoms with van der Waals surface area (Å²) in [4.78, 5) is 14.0. The van der Waals surface area contributed by atoms with E-state index in [-0.39, 0.29) is 11.7 Å². The van der Waals surface area contributed by atoms with E-state index in [1.807, 2.05) is 32.2 Å². The molecule has 0 aliphatic heterocycles. The fourth-order valence-corrected chi connectivity index (χ4v) is 4.45. The molecule has 138 valence electrons. The Hall–Kier alpha value is -2.23. The van der Waals surface area contributed by atoms with Crippen molar-refractivity contribution in [3.8, 4) is 0 Å². The molecular weight excluding hydrogens is 372 g/mol. The van der Waals surface area contributed by atoms with Crippen molar-refractivity contribution in [2.45, 2.75) is 19.2 Å². The fourth-order valence-electron chi connectivity index (χ4n) is 2.63. The largest absolute Gasteiger partial charge is 0.347 e. The third-order valence-corrected chi connectivity index (χ3v) is 6.60. The van der Waals surface area contributed by atoms with Crippen LogP contribution in [0.4, 0.5) is 0 Å². The molecule has 0 bridgehead atoms. The number of rotatable bonds is 6. The lowest BCUT2D eigenvalue weighted by atomic mass is 10.1. The maximum atomic E-state index is 12.4. The maximum Gasteiger partial charge on any atom is 0.261 e. The topological polar surface area (TPSA) is 93.1 Å². The molecule has 7 nitrogen and oxygen atoms in total. The van der Waals surface area contributed by atoms with Crippen LogP contribution in [0.5, 0.6) is 0 Å². The minimum atomic E-state index is -3.29. The lowest BCUT2D eigenvalue weighted by Gasteiger charge is -2.06. The van der Waals surface area contributed by atoms with Gasteiger partial charge in [-0.05, 0) is 31.2 Å². The first kappa shape index (κ1) is 18.6. The molecule has 2 heterocycles. The van der Waals surface area contributed by atoms with Gasteiger partial charge in [-0.25, -0.2) is 13.1 Å². The van der Waals surface area contributed by atoms with Gasteiger partial charge in [0.15, 0.2) is 0 Å². The average Bonchev–Trinajstić information content (AvgIpc) is 3.16. The van der Waals surface area contributed by atoms with Crippen molar-refractivity contribution in [3.05, 3.63) is 52.0 Å². The lowest BCUT2D eigenvalue weighted by molar-refractivity contribution is 0.0955.